The number of hydrogen-bond acceptors (Lipinski definition) is 2. The lowest BCUT2D eigenvalue weighted by molar-refractivity contribution is -0.133. The van der Waals surface area contributed by atoms with Crippen molar-refractivity contribution in [3.8, 4) is 0 Å². The van der Waals surface area contributed by atoms with Gasteiger partial charge in [0.2, 0.25) is 5.91 Å². The quantitative estimate of drug-likeness (QED) is 0.851. The monoisotopic (exact) mass is 288 g/mol. The van der Waals surface area contributed by atoms with Gasteiger partial charge in [-0.15, -0.1) is 0 Å². The van der Waals surface area contributed by atoms with Crippen molar-refractivity contribution in [2.24, 2.45) is 5.92 Å². The van der Waals surface area contributed by atoms with Gasteiger partial charge in [0.05, 0.1) is 12.1 Å². The van der Waals surface area contributed by atoms with Crippen LogP contribution >= 0.6 is 0 Å². The maximum absolute atomic E-state index is 12.7. The van der Waals surface area contributed by atoms with Crippen molar-refractivity contribution in [3.63, 3.8) is 0 Å². The molecule has 0 radical (unpaired) electrons. The molecule has 1 aromatic carbocycles. The zero-order chi connectivity index (χ0) is 15.6. The molecule has 1 saturated heterocycles. The molecule has 0 bridgehead atoms. The van der Waals surface area contributed by atoms with Gasteiger partial charge in [-0.25, -0.2) is 4.79 Å². The Kier molecular flexibility index (Phi) is 4.66. The van der Waals surface area contributed by atoms with Crippen molar-refractivity contribution >= 4 is 11.9 Å². The Bertz CT molecular complexity index is 515. The van der Waals surface area contributed by atoms with Crippen LogP contribution in [0.5, 0.6) is 0 Å². The minimum atomic E-state index is -0.199. The molecule has 0 aliphatic carbocycles. The Morgan fingerprint density at radius 3 is 2.48 bits per heavy atom. The van der Waals surface area contributed by atoms with E-state index in [0.717, 1.165) is 18.4 Å². The van der Waals surface area contributed by atoms with Crippen molar-refractivity contribution in [2.75, 3.05) is 7.05 Å². The van der Waals surface area contributed by atoms with E-state index < -0.39 is 0 Å². The lowest BCUT2D eigenvalue weighted by Crippen LogP contribution is -2.39. The Morgan fingerprint density at radius 2 is 1.90 bits per heavy atom. The van der Waals surface area contributed by atoms with Crippen molar-refractivity contribution in [1.82, 2.24) is 9.80 Å². The molecule has 0 saturated carbocycles. The number of benzene rings is 1. The van der Waals surface area contributed by atoms with Gasteiger partial charge in [0, 0.05) is 13.0 Å². The van der Waals surface area contributed by atoms with Crippen LogP contribution in [0.25, 0.3) is 0 Å². The van der Waals surface area contributed by atoms with Gasteiger partial charge in [-0.3, -0.25) is 9.69 Å². The Labute approximate surface area is 126 Å². The first-order valence-electron chi connectivity index (χ1n) is 7.63. The maximum atomic E-state index is 12.7. The highest BCUT2D eigenvalue weighted by atomic mass is 16.2. The molecule has 1 aliphatic heterocycles. The van der Waals surface area contributed by atoms with Gasteiger partial charge in [-0.2, -0.15) is 0 Å². The second-order valence-corrected chi connectivity index (χ2v) is 5.89. The van der Waals surface area contributed by atoms with Crippen molar-refractivity contribution in [1.29, 1.82) is 0 Å². The van der Waals surface area contributed by atoms with E-state index in [0.29, 0.717) is 0 Å². The predicted octanol–water partition coefficient (Wildman–Crippen LogP) is 3.45. The average molecular weight is 288 g/mol. The summed E-state index contributed by atoms with van der Waals surface area (Å²) in [5, 5.41) is 0. The summed E-state index contributed by atoms with van der Waals surface area (Å²) in [5.74, 6) is -0.184. The molecule has 2 rings (SSSR count). The first kappa shape index (κ1) is 15.5. The zero-order valence-electron chi connectivity index (χ0n) is 13.2. The van der Waals surface area contributed by atoms with E-state index in [4.69, 9.17) is 0 Å². The fourth-order valence-corrected chi connectivity index (χ4v) is 2.99. The summed E-state index contributed by atoms with van der Waals surface area (Å²) >= 11 is 0. The third-order valence-corrected chi connectivity index (χ3v) is 4.38. The maximum Gasteiger partial charge on any atom is 0.327 e. The summed E-state index contributed by atoms with van der Waals surface area (Å²) in [5.41, 5.74) is 1.01. The third kappa shape index (κ3) is 2.80. The minimum Gasteiger partial charge on any atom is -0.322 e. The number of carbonyl (C=O) groups is 2. The summed E-state index contributed by atoms with van der Waals surface area (Å²) in [7, 11) is 1.76. The van der Waals surface area contributed by atoms with Crippen LogP contribution in [-0.2, 0) is 4.79 Å². The molecule has 0 N–H and O–H groups in total. The first-order valence-corrected chi connectivity index (χ1v) is 7.63. The van der Waals surface area contributed by atoms with Gasteiger partial charge in [-0.05, 0) is 18.9 Å². The summed E-state index contributed by atoms with van der Waals surface area (Å²) in [6.07, 6.45) is 1.75. The molecule has 4 nitrogen and oxygen atoms in total. The van der Waals surface area contributed by atoms with Gasteiger partial charge >= 0.3 is 6.03 Å². The standard InChI is InChI=1S/C17H24N2O2/c1-5-9-12(2)16(20)19-15(13(3)18(4)17(19)21)14-10-7-6-8-11-14/h6-8,10-13,15H,5,9H2,1-4H3/t12-,13-,15-/m0/s1. The molecule has 114 valence electrons. The Hall–Kier alpha value is -1.84. The number of urea groups is 1. The van der Waals surface area contributed by atoms with E-state index in [-0.39, 0.29) is 29.9 Å². The fourth-order valence-electron chi connectivity index (χ4n) is 2.99. The zero-order valence-corrected chi connectivity index (χ0v) is 13.2. The van der Waals surface area contributed by atoms with Gasteiger partial charge in [0.25, 0.3) is 0 Å². The number of imide groups is 1. The molecule has 1 aromatic rings. The number of rotatable bonds is 4. The summed E-state index contributed by atoms with van der Waals surface area (Å²) in [6, 6.07) is 9.40. The molecule has 3 atom stereocenters. The van der Waals surface area contributed by atoms with Crippen LogP contribution in [0.1, 0.15) is 45.2 Å². The van der Waals surface area contributed by atoms with Gasteiger partial charge in [0.1, 0.15) is 0 Å². The summed E-state index contributed by atoms with van der Waals surface area (Å²) in [6.45, 7) is 5.95. The summed E-state index contributed by atoms with van der Waals surface area (Å²) in [4.78, 5) is 28.3. The molecule has 1 aliphatic rings. The average Bonchev–Trinajstić information content (AvgIpc) is 2.72. The Balaban J connectivity index is 2.36. The van der Waals surface area contributed by atoms with Crippen molar-refractivity contribution in [3.05, 3.63) is 35.9 Å². The van der Waals surface area contributed by atoms with Crippen LogP contribution in [0.4, 0.5) is 4.79 Å². The molecule has 0 unspecified atom stereocenters. The fraction of sp³-hybridized carbons (Fsp3) is 0.529. The van der Waals surface area contributed by atoms with Gasteiger partial charge in [0.15, 0.2) is 0 Å². The molecule has 0 aromatic heterocycles. The van der Waals surface area contributed by atoms with Crippen LogP contribution in [0.2, 0.25) is 0 Å². The number of hydrogen-bond donors (Lipinski definition) is 0. The number of nitrogens with zero attached hydrogens (tertiary/aromatic N) is 2. The van der Waals surface area contributed by atoms with Crippen molar-refractivity contribution < 1.29 is 9.59 Å². The molecule has 1 fully saturated rings. The third-order valence-electron chi connectivity index (χ3n) is 4.38. The van der Waals surface area contributed by atoms with Crippen molar-refractivity contribution in [2.45, 2.75) is 45.7 Å². The van der Waals surface area contributed by atoms with Crippen LogP contribution in [-0.4, -0.2) is 34.8 Å². The lowest BCUT2D eigenvalue weighted by Gasteiger charge is -2.26. The first-order chi connectivity index (χ1) is 9.99. The van der Waals surface area contributed by atoms with Crippen LogP contribution in [0.15, 0.2) is 30.3 Å². The van der Waals surface area contributed by atoms with Crippen LogP contribution < -0.4 is 0 Å². The molecule has 1 heterocycles. The van der Waals surface area contributed by atoms with E-state index in [1.165, 1.54) is 4.90 Å². The normalized spacial score (nSPS) is 23.5. The second kappa shape index (κ2) is 6.29. The summed E-state index contributed by atoms with van der Waals surface area (Å²) < 4.78 is 0. The van der Waals surface area contributed by atoms with Crippen LogP contribution in [0.3, 0.4) is 0 Å². The van der Waals surface area contributed by atoms with Gasteiger partial charge < -0.3 is 4.90 Å². The largest absolute Gasteiger partial charge is 0.327 e. The minimum absolute atomic E-state index is 0.0160. The number of likely N-dealkylation sites (N-methyl/N-ethyl adjacent to an activating group) is 1. The van der Waals surface area contributed by atoms with E-state index >= 15 is 0 Å². The molecule has 4 heteroatoms. The lowest BCUT2D eigenvalue weighted by atomic mass is 9.98. The highest BCUT2D eigenvalue weighted by Crippen LogP contribution is 2.35. The predicted molar refractivity (Wildman–Crippen MR) is 82.7 cm³/mol. The highest BCUT2D eigenvalue weighted by molar-refractivity contribution is 5.97. The topological polar surface area (TPSA) is 40.6 Å². The molecular weight excluding hydrogens is 264 g/mol. The van der Waals surface area contributed by atoms with E-state index in [1.807, 2.05) is 44.2 Å². The smallest absolute Gasteiger partial charge is 0.322 e. The molecule has 0 spiro atoms. The van der Waals surface area contributed by atoms with E-state index in [2.05, 4.69) is 6.92 Å². The SMILES string of the molecule is CCC[C@H](C)C(=O)N1C(=O)N(C)[C@@H](C)[C@H]1c1ccccc1. The van der Waals surface area contributed by atoms with Gasteiger partial charge in [-0.1, -0.05) is 50.6 Å². The molecule has 3 amide bonds. The highest BCUT2D eigenvalue weighted by Gasteiger charge is 2.46. The molecule has 21 heavy (non-hydrogen) atoms. The molecular formula is C17H24N2O2. The second-order valence-electron chi connectivity index (χ2n) is 5.89. The van der Waals surface area contributed by atoms with E-state index in [9.17, 15) is 9.59 Å². The number of amides is 3. The van der Waals surface area contributed by atoms with E-state index in [1.54, 1.807) is 11.9 Å². The number of carbonyl (C=O) groups excluding carboxylic acids is 2. The Morgan fingerprint density at radius 1 is 1.29 bits per heavy atom. The van der Waals surface area contributed by atoms with Crippen LogP contribution in [0, 0.1) is 5.92 Å².